The van der Waals surface area contributed by atoms with Crippen LogP contribution in [-0.2, 0) is 47.0 Å². The van der Waals surface area contributed by atoms with Gasteiger partial charge in [0.25, 0.3) is 5.91 Å². The number of unbranched alkanes of at least 4 members (excludes halogenated alkanes) is 3. The average molecular weight is 774 g/mol. The number of rotatable bonds is 14. The van der Waals surface area contributed by atoms with Gasteiger partial charge in [-0.25, -0.2) is 18.0 Å². The molecule has 2 heterocycles. The van der Waals surface area contributed by atoms with E-state index in [0.29, 0.717) is 25.1 Å². The lowest BCUT2D eigenvalue weighted by Gasteiger charge is -2.29. The number of carbonyl (C=O) groups excluding carboxylic acids is 5. The molecule has 0 spiro atoms. The molecule has 16 heteroatoms. The van der Waals surface area contributed by atoms with Crippen molar-refractivity contribution in [3.05, 3.63) is 41.5 Å². The molecule has 1 aromatic carbocycles. The Kier molecular flexibility index (Phi) is 11.9. The second-order valence-electron chi connectivity index (χ2n) is 16.2. The van der Waals surface area contributed by atoms with Gasteiger partial charge in [-0.2, -0.15) is 0 Å². The first-order valence-electron chi connectivity index (χ1n) is 18.8. The Hall–Kier alpha value is -4.34. The summed E-state index contributed by atoms with van der Waals surface area (Å²) in [5.41, 5.74) is -1.50. The fraction of sp³-hybridized carbons (Fsp3) is 0.658. The van der Waals surface area contributed by atoms with Gasteiger partial charge in [-0.15, -0.1) is 0 Å². The van der Waals surface area contributed by atoms with Crippen LogP contribution in [0, 0.1) is 5.41 Å². The number of ether oxygens (including phenoxy) is 3. The van der Waals surface area contributed by atoms with Crippen molar-refractivity contribution in [3.63, 3.8) is 0 Å². The third-order valence-electron chi connectivity index (χ3n) is 10.5. The molecule has 0 radical (unpaired) electrons. The van der Waals surface area contributed by atoms with E-state index in [4.69, 9.17) is 14.2 Å². The van der Waals surface area contributed by atoms with Gasteiger partial charge in [0, 0.05) is 24.9 Å². The number of amides is 5. The molecule has 2 saturated carbocycles. The smallest absolute Gasteiger partial charge is 0.410 e. The van der Waals surface area contributed by atoms with Crippen LogP contribution in [0.15, 0.2) is 30.4 Å². The van der Waals surface area contributed by atoms with Gasteiger partial charge in [-0.3, -0.25) is 24.0 Å². The lowest BCUT2D eigenvalue weighted by atomic mass is 9.99. The number of hydrogen-bond donors (Lipinski definition) is 3. The Morgan fingerprint density at radius 3 is 2.43 bits per heavy atom. The van der Waals surface area contributed by atoms with E-state index < -0.39 is 79.9 Å². The summed E-state index contributed by atoms with van der Waals surface area (Å²) in [4.78, 5) is 70.9. The minimum Gasteiger partial charge on any atom is -0.497 e. The highest BCUT2D eigenvalue weighted by Crippen LogP contribution is 2.58. The van der Waals surface area contributed by atoms with Crippen LogP contribution in [0.25, 0.3) is 0 Å². The number of hydrogen-bond acceptors (Lipinski definition) is 10. The maximum atomic E-state index is 14.3. The first-order valence-corrected chi connectivity index (χ1v) is 20.3. The van der Waals surface area contributed by atoms with Crippen LogP contribution >= 0.6 is 0 Å². The number of fused-ring (bicyclic) bond motifs is 1. The Bertz CT molecular complexity index is 1770. The van der Waals surface area contributed by atoms with Crippen LogP contribution in [0.2, 0.25) is 0 Å². The lowest BCUT2D eigenvalue weighted by molar-refractivity contribution is -0.141. The lowest BCUT2D eigenvalue weighted by Crippen LogP contribution is -2.59. The van der Waals surface area contributed by atoms with E-state index >= 15 is 0 Å². The maximum absolute atomic E-state index is 14.3. The summed E-state index contributed by atoms with van der Waals surface area (Å²) in [6.07, 6.45) is 6.12. The molecule has 5 amide bonds. The van der Waals surface area contributed by atoms with Crippen LogP contribution in [0.3, 0.4) is 0 Å². The van der Waals surface area contributed by atoms with E-state index in [2.05, 4.69) is 22.3 Å². The van der Waals surface area contributed by atoms with Crippen molar-refractivity contribution < 1.29 is 46.6 Å². The molecule has 0 aromatic heterocycles. The Morgan fingerprint density at radius 2 is 1.78 bits per heavy atom. The van der Waals surface area contributed by atoms with Crippen LogP contribution in [-0.4, -0.2) is 96.4 Å². The third kappa shape index (κ3) is 9.29. The summed E-state index contributed by atoms with van der Waals surface area (Å²) in [6.45, 7) is 10.8. The molecule has 298 valence electrons. The molecule has 1 aromatic rings. The molecule has 5 rings (SSSR count). The quantitative estimate of drug-likeness (QED) is 0.184. The summed E-state index contributed by atoms with van der Waals surface area (Å²) >= 11 is 0. The summed E-state index contributed by atoms with van der Waals surface area (Å²) in [7, 11) is -2.38. The molecular formula is C38H55N5O10S. The Labute approximate surface area is 317 Å². The van der Waals surface area contributed by atoms with Crippen molar-refractivity contribution >= 4 is 39.9 Å². The molecule has 3 N–H and O–H groups in total. The number of likely N-dealkylation sites (tertiary alicyclic amines) is 1. The van der Waals surface area contributed by atoms with E-state index in [1.165, 1.54) is 16.7 Å². The standard InChI is InChI=1S/C38H55N5O10S/c1-8-9-10-11-12-17-37(6)23-38(37,33(46)41-54(49,50)29-15-16-29)40-31(44)30-19-28(22-43(30)32(45)24(2)39-34(47)53-36(3,4)5)52-35(48)42-20-25-13-14-27(51-7)18-26(25)21-42/h12-14,17-18,24,28-30H,8-11,15-16,19-23H2,1-7H3,(H,39,47)(H,40,44)(H,41,46)/b17-12-/t24-,28+,30?,37?,38-/m0/s1. The molecule has 3 fully saturated rings. The van der Waals surface area contributed by atoms with E-state index in [0.717, 1.165) is 36.8 Å². The second kappa shape index (κ2) is 15.8. The van der Waals surface area contributed by atoms with Crippen molar-refractivity contribution in [2.45, 2.75) is 141 Å². The van der Waals surface area contributed by atoms with E-state index in [1.807, 2.05) is 30.4 Å². The van der Waals surface area contributed by atoms with Gasteiger partial charge < -0.3 is 29.7 Å². The molecule has 0 bridgehead atoms. The van der Waals surface area contributed by atoms with Crippen molar-refractivity contribution in [2.75, 3.05) is 13.7 Å². The Morgan fingerprint density at radius 1 is 1.07 bits per heavy atom. The fourth-order valence-corrected chi connectivity index (χ4v) is 8.49. The summed E-state index contributed by atoms with van der Waals surface area (Å²) in [5.74, 6) is -1.53. The van der Waals surface area contributed by atoms with Gasteiger partial charge in [-0.1, -0.05) is 44.9 Å². The van der Waals surface area contributed by atoms with Gasteiger partial charge in [0.15, 0.2) is 0 Å². The fourth-order valence-electron chi connectivity index (χ4n) is 7.13. The SMILES string of the molecule is CCCCC/C=C\C1(C)C[C@]1(NC(=O)C1C[C@@H](OC(=O)N2Cc3ccc(OC)cc3C2)CN1C(=O)[C@H](C)NC(=O)OC(C)(C)C)C(=O)NS(=O)(=O)C1CC1. The first-order chi connectivity index (χ1) is 25.3. The highest BCUT2D eigenvalue weighted by molar-refractivity contribution is 7.91. The number of allylic oxidation sites excluding steroid dienone is 1. The van der Waals surface area contributed by atoms with Gasteiger partial charge >= 0.3 is 12.2 Å². The minimum absolute atomic E-state index is 0.0985. The van der Waals surface area contributed by atoms with Crippen LogP contribution in [0.1, 0.15) is 104 Å². The van der Waals surface area contributed by atoms with Gasteiger partial charge in [0.05, 0.1) is 18.9 Å². The van der Waals surface area contributed by atoms with Crippen molar-refractivity contribution in [1.29, 1.82) is 0 Å². The van der Waals surface area contributed by atoms with Crippen LogP contribution in [0.4, 0.5) is 9.59 Å². The van der Waals surface area contributed by atoms with Gasteiger partial charge in [0.1, 0.15) is 35.1 Å². The van der Waals surface area contributed by atoms with Gasteiger partial charge in [-0.05, 0) is 83.1 Å². The molecule has 1 saturated heterocycles. The van der Waals surface area contributed by atoms with Crippen molar-refractivity contribution in [1.82, 2.24) is 25.2 Å². The second-order valence-corrected chi connectivity index (χ2v) is 18.1. The maximum Gasteiger partial charge on any atom is 0.410 e. The number of methoxy groups -OCH3 is 1. The highest BCUT2D eigenvalue weighted by Gasteiger charge is 2.70. The molecule has 2 aliphatic heterocycles. The monoisotopic (exact) mass is 773 g/mol. The minimum atomic E-state index is -3.94. The number of nitrogens with zero attached hydrogens (tertiary/aromatic N) is 2. The van der Waals surface area contributed by atoms with E-state index in [1.54, 1.807) is 34.8 Å². The number of benzene rings is 1. The number of sulfonamides is 1. The molecular weight excluding hydrogens is 719 g/mol. The molecule has 2 aliphatic carbocycles. The van der Waals surface area contributed by atoms with Gasteiger partial charge in [0.2, 0.25) is 21.8 Å². The summed E-state index contributed by atoms with van der Waals surface area (Å²) in [6, 6.07) is 3.19. The zero-order chi connectivity index (χ0) is 39.6. The van der Waals surface area contributed by atoms with E-state index in [-0.39, 0.29) is 25.9 Å². The molecule has 2 unspecified atom stereocenters. The normalized spacial score (nSPS) is 25.5. The van der Waals surface area contributed by atoms with Crippen molar-refractivity contribution in [3.8, 4) is 5.75 Å². The average Bonchev–Trinajstić information content (AvgIpc) is 3.94. The number of nitrogens with one attached hydrogen (secondary N) is 3. The van der Waals surface area contributed by atoms with Crippen molar-refractivity contribution in [2.24, 2.45) is 5.41 Å². The molecule has 4 aliphatic rings. The molecule has 54 heavy (non-hydrogen) atoms. The van der Waals surface area contributed by atoms with Crippen LogP contribution in [0.5, 0.6) is 5.75 Å². The largest absolute Gasteiger partial charge is 0.497 e. The zero-order valence-electron chi connectivity index (χ0n) is 32.4. The Balaban J connectivity index is 1.36. The number of carbonyl (C=O) groups is 5. The van der Waals surface area contributed by atoms with E-state index in [9.17, 15) is 32.4 Å². The van der Waals surface area contributed by atoms with Crippen LogP contribution < -0.4 is 20.1 Å². The topological polar surface area (TPSA) is 190 Å². The summed E-state index contributed by atoms with van der Waals surface area (Å²) < 4.78 is 44.5. The first kappa shape index (κ1) is 40.8. The summed E-state index contributed by atoms with van der Waals surface area (Å²) in [5, 5.41) is 4.70. The molecule has 5 atom stereocenters. The zero-order valence-corrected chi connectivity index (χ0v) is 33.2. The highest BCUT2D eigenvalue weighted by atomic mass is 32.2. The third-order valence-corrected chi connectivity index (χ3v) is 12.3. The number of alkyl carbamates (subject to hydrolysis) is 1. The predicted octanol–water partition coefficient (Wildman–Crippen LogP) is 4.04. The predicted molar refractivity (Wildman–Crippen MR) is 198 cm³/mol. The molecule has 15 nitrogen and oxygen atoms in total.